The van der Waals surface area contributed by atoms with Gasteiger partial charge in [-0.25, -0.2) is 9.97 Å². The summed E-state index contributed by atoms with van der Waals surface area (Å²) in [6.45, 7) is 1.96. The van der Waals surface area contributed by atoms with Crippen molar-refractivity contribution < 1.29 is 0 Å². The zero-order valence-corrected chi connectivity index (χ0v) is 13.5. The molecule has 0 spiro atoms. The highest BCUT2D eigenvalue weighted by Crippen LogP contribution is 2.55. The second-order valence-corrected chi connectivity index (χ2v) is 8.08. The lowest BCUT2D eigenvalue weighted by molar-refractivity contribution is -0.00148. The second kappa shape index (κ2) is 4.92. The van der Waals surface area contributed by atoms with E-state index in [1.54, 1.807) is 6.33 Å². The summed E-state index contributed by atoms with van der Waals surface area (Å²) in [7, 11) is 2.30. The van der Waals surface area contributed by atoms with E-state index >= 15 is 0 Å². The van der Waals surface area contributed by atoms with Crippen molar-refractivity contribution in [3.63, 3.8) is 0 Å². The van der Waals surface area contributed by atoms with E-state index in [2.05, 4.69) is 22.2 Å². The number of nitrogens with zero attached hydrogens (tertiary/aromatic N) is 3. The van der Waals surface area contributed by atoms with Gasteiger partial charge in [-0.3, -0.25) is 0 Å². The topological polar surface area (TPSA) is 41.1 Å². The lowest BCUT2D eigenvalue weighted by Gasteiger charge is -2.57. The van der Waals surface area contributed by atoms with Crippen LogP contribution in [0.2, 0.25) is 0 Å². The van der Waals surface area contributed by atoms with Gasteiger partial charge in [-0.05, 0) is 68.7 Å². The van der Waals surface area contributed by atoms with E-state index in [1.807, 2.05) is 0 Å². The molecule has 0 unspecified atom stereocenters. The van der Waals surface area contributed by atoms with Gasteiger partial charge in [0, 0.05) is 25.2 Å². The molecule has 2 heterocycles. The normalized spacial score (nSPS) is 38.9. The quantitative estimate of drug-likeness (QED) is 0.910. The number of aromatic nitrogens is 2. The predicted molar refractivity (Wildman–Crippen MR) is 86.7 cm³/mol. The molecule has 4 aliphatic carbocycles. The van der Waals surface area contributed by atoms with Crippen LogP contribution in [-0.2, 0) is 13.0 Å². The van der Waals surface area contributed by atoms with Crippen molar-refractivity contribution in [3.05, 3.63) is 17.6 Å². The minimum absolute atomic E-state index is 0.724. The Morgan fingerprint density at radius 2 is 1.77 bits per heavy atom. The molecular weight excluding hydrogens is 272 g/mol. The molecule has 5 aliphatic rings. The number of hydrogen-bond donors (Lipinski definition) is 1. The Balaban J connectivity index is 1.49. The Morgan fingerprint density at radius 3 is 2.50 bits per heavy atom. The van der Waals surface area contributed by atoms with Gasteiger partial charge in [-0.2, -0.15) is 0 Å². The van der Waals surface area contributed by atoms with E-state index in [0.29, 0.717) is 0 Å². The van der Waals surface area contributed by atoms with Crippen LogP contribution in [-0.4, -0.2) is 29.6 Å². The van der Waals surface area contributed by atoms with E-state index in [-0.39, 0.29) is 0 Å². The zero-order chi connectivity index (χ0) is 14.7. The summed E-state index contributed by atoms with van der Waals surface area (Å²) in [5.74, 6) is 5.12. The average Bonchev–Trinajstić information content (AvgIpc) is 2.53. The van der Waals surface area contributed by atoms with Crippen molar-refractivity contribution in [2.75, 3.05) is 18.5 Å². The first-order valence-corrected chi connectivity index (χ1v) is 9.06. The van der Waals surface area contributed by atoms with Crippen LogP contribution in [0, 0.1) is 23.7 Å². The van der Waals surface area contributed by atoms with Gasteiger partial charge < -0.3 is 10.2 Å². The van der Waals surface area contributed by atoms with E-state index in [4.69, 9.17) is 4.98 Å². The maximum absolute atomic E-state index is 4.71. The Labute approximate surface area is 132 Å². The summed E-state index contributed by atoms with van der Waals surface area (Å²) < 4.78 is 0. The van der Waals surface area contributed by atoms with Crippen molar-refractivity contribution in [1.29, 1.82) is 0 Å². The van der Waals surface area contributed by atoms with Gasteiger partial charge in [0.05, 0.1) is 5.69 Å². The van der Waals surface area contributed by atoms with Gasteiger partial charge in [0.1, 0.15) is 12.1 Å². The molecule has 4 heteroatoms. The van der Waals surface area contributed by atoms with Crippen molar-refractivity contribution in [1.82, 2.24) is 15.3 Å². The molecule has 4 fully saturated rings. The average molecular weight is 298 g/mol. The van der Waals surface area contributed by atoms with Crippen molar-refractivity contribution in [2.45, 2.75) is 51.1 Å². The van der Waals surface area contributed by atoms with Crippen LogP contribution in [0.1, 0.15) is 43.4 Å². The number of rotatable bonds is 2. The van der Waals surface area contributed by atoms with Gasteiger partial charge in [0.15, 0.2) is 0 Å². The fraction of sp³-hybridized carbons (Fsp3) is 0.778. The maximum Gasteiger partial charge on any atom is 0.135 e. The minimum Gasteiger partial charge on any atom is -0.356 e. The third-order valence-corrected chi connectivity index (χ3v) is 6.81. The van der Waals surface area contributed by atoms with Gasteiger partial charge in [-0.15, -0.1) is 0 Å². The molecule has 4 nitrogen and oxygen atoms in total. The van der Waals surface area contributed by atoms with Crippen LogP contribution in [0.15, 0.2) is 6.33 Å². The number of anilines is 1. The lowest BCUT2D eigenvalue weighted by atomic mass is 9.54. The summed E-state index contributed by atoms with van der Waals surface area (Å²) in [5.41, 5.74) is 2.62. The summed E-state index contributed by atoms with van der Waals surface area (Å²) in [5, 5.41) is 3.43. The van der Waals surface area contributed by atoms with E-state index in [1.165, 1.54) is 49.2 Å². The van der Waals surface area contributed by atoms with Crippen molar-refractivity contribution >= 4 is 5.82 Å². The largest absolute Gasteiger partial charge is 0.356 e. The Morgan fingerprint density at radius 1 is 1.05 bits per heavy atom. The molecule has 4 saturated carbocycles. The van der Waals surface area contributed by atoms with E-state index in [0.717, 1.165) is 49.2 Å². The summed E-state index contributed by atoms with van der Waals surface area (Å²) in [6.07, 6.45) is 10.2. The molecular formula is C18H26N4. The molecule has 1 N–H and O–H groups in total. The number of fused-ring (bicyclic) bond motifs is 1. The Kier molecular flexibility index (Phi) is 2.97. The highest BCUT2D eigenvalue weighted by molar-refractivity contribution is 5.50. The molecule has 1 aliphatic heterocycles. The Hall–Kier alpha value is -1.16. The van der Waals surface area contributed by atoms with Crippen molar-refractivity contribution in [3.8, 4) is 0 Å². The van der Waals surface area contributed by atoms with Gasteiger partial charge in [0.25, 0.3) is 0 Å². The van der Waals surface area contributed by atoms with Crippen LogP contribution in [0.3, 0.4) is 0 Å². The SMILES string of the molecule is CN(c1ncnc2c1CCNC2)C1C2CC3CC(C2)CC1C3. The van der Waals surface area contributed by atoms with Gasteiger partial charge in [0.2, 0.25) is 0 Å². The molecule has 0 amide bonds. The molecule has 1 aromatic heterocycles. The third kappa shape index (κ3) is 1.92. The third-order valence-electron chi connectivity index (χ3n) is 6.81. The summed E-state index contributed by atoms with van der Waals surface area (Å²) in [4.78, 5) is 11.8. The van der Waals surface area contributed by atoms with Crippen LogP contribution in [0.4, 0.5) is 5.82 Å². The Bertz CT molecular complexity index is 556. The predicted octanol–water partition coefficient (Wildman–Crippen LogP) is 2.38. The number of nitrogens with one attached hydrogen (secondary N) is 1. The smallest absolute Gasteiger partial charge is 0.135 e. The highest BCUT2D eigenvalue weighted by Gasteiger charge is 2.50. The van der Waals surface area contributed by atoms with E-state index < -0.39 is 0 Å². The minimum atomic E-state index is 0.724. The first-order valence-electron chi connectivity index (χ1n) is 9.06. The van der Waals surface area contributed by atoms with Crippen LogP contribution in [0.5, 0.6) is 0 Å². The van der Waals surface area contributed by atoms with Crippen molar-refractivity contribution in [2.24, 2.45) is 23.7 Å². The first-order chi connectivity index (χ1) is 10.8. The monoisotopic (exact) mass is 298 g/mol. The molecule has 1 aromatic rings. The van der Waals surface area contributed by atoms with Crippen LogP contribution in [0.25, 0.3) is 0 Å². The standard InChI is InChI=1S/C18H26N4/c1-22(18-15-2-3-19-9-16(15)20-10-21-18)17-13-5-11-4-12(7-13)8-14(17)6-11/h10-14,17,19H,2-9H2,1H3. The summed E-state index contributed by atoms with van der Waals surface area (Å²) in [6, 6.07) is 0.724. The highest BCUT2D eigenvalue weighted by atomic mass is 15.2. The van der Waals surface area contributed by atoms with E-state index in [9.17, 15) is 0 Å². The fourth-order valence-corrected chi connectivity index (χ4v) is 6.24. The molecule has 0 atom stereocenters. The molecule has 6 rings (SSSR count). The molecule has 22 heavy (non-hydrogen) atoms. The molecule has 4 bridgehead atoms. The van der Waals surface area contributed by atoms with Crippen LogP contribution >= 0.6 is 0 Å². The molecule has 0 aromatic carbocycles. The number of hydrogen-bond acceptors (Lipinski definition) is 4. The fourth-order valence-electron chi connectivity index (χ4n) is 6.24. The maximum atomic E-state index is 4.71. The molecule has 0 radical (unpaired) electrons. The lowest BCUT2D eigenvalue weighted by Crippen LogP contribution is -2.55. The molecule has 0 saturated heterocycles. The molecule has 118 valence electrons. The second-order valence-electron chi connectivity index (χ2n) is 8.08. The van der Waals surface area contributed by atoms with Crippen LogP contribution < -0.4 is 10.2 Å². The first kappa shape index (κ1) is 13.3. The van der Waals surface area contributed by atoms with Gasteiger partial charge in [-0.1, -0.05) is 0 Å². The van der Waals surface area contributed by atoms with Gasteiger partial charge >= 0.3 is 0 Å². The summed E-state index contributed by atoms with van der Waals surface area (Å²) >= 11 is 0. The zero-order valence-electron chi connectivity index (χ0n) is 13.5.